The number of anilines is 1. The first-order valence-electron chi connectivity index (χ1n) is 8.54. The van der Waals surface area contributed by atoms with Crippen molar-refractivity contribution >= 4 is 22.9 Å². The van der Waals surface area contributed by atoms with E-state index in [-0.39, 0.29) is 12.3 Å². The number of amides is 1. The molecule has 0 unspecified atom stereocenters. The Labute approximate surface area is 151 Å². The van der Waals surface area contributed by atoms with Crippen LogP contribution < -0.4 is 5.32 Å². The molecule has 2 heterocycles. The smallest absolute Gasteiger partial charge is 0.236 e. The highest BCUT2D eigenvalue weighted by Crippen LogP contribution is 2.26. The van der Waals surface area contributed by atoms with Crippen molar-refractivity contribution in [2.24, 2.45) is 0 Å². The molecule has 0 bridgehead atoms. The summed E-state index contributed by atoms with van der Waals surface area (Å²) in [5.74, 6) is 1.18. The fraction of sp³-hybridized carbons (Fsp3) is 0.300. The number of aromatic nitrogens is 1. The lowest BCUT2D eigenvalue weighted by Gasteiger charge is -2.06. The van der Waals surface area contributed by atoms with Crippen molar-refractivity contribution in [3.63, 3.8) is 0 Å². The second-order valence-corrected chi connectivity index (χ2v) is 6.97. The quantitative estimate of drug-likeness (QED) is 0.631. The topological polar surface area (TPSA) is 55.1 Å². The zero-order valence-corrected chi connectivity index (χ0v) is 15.4. The first-order valence-corrected chi connectivity index (χ1v) is 9.42. The number of thiophene rings is 1. The van der Waals surface area contributed by atoms with Gasteiger partial charge in [0, 0.05) is 5.69 Å². The molecule has 0 saturated carbocycles. The van der Waals surface area contributed by atoms with Crippen molar-refractivity contribution in [3.8, 4) is 10.8 Å². The predicted octanol–water partition coefficient (Wildman–Crippen LogP) is 5.24. The summed E-state index contributed by atoms with van der Waals surface area (Å²) in [7, 11) is 0. The number of unbranched alkanes of at least 4 members (excludes halogenated alkanes) is 1. The number of benzene rings is 1. The van der Waals surface area contributed by atoms with Crippen molar-refractivity contribution in [2.75, 3.05) is 5.32 Å². The summed E-state index contributed by atoms with van der Waals surface area (Å²) >= 11 is 1.57. The summed E-state index contributed by atoms with van der Waals surface area (Å²) in [5.41, 5.74) is 2.79. The normalized spacial score (nSPS) is 10.8. The molecule has 0 aliphatic carbocycles. The van der Waals surface area contributed by atoms with E-state index in [1.54, 1.807) is 11.3 Å². The average Bonchev–Trinajstić information content (AvgIpc) is 3.25. The first-order chi connectivity index (χ1) is 12.2. The molecule has 0 atom stereocenters. The number of carbonyl (C=O) groups excluding carboxylic acids is 1. The molecular weight excluding hydrogens is 332 g/mol. The maximum atomic E-state index is 12.3. The molecule has 0 fully saturated rings. The van der Waals surface area contributed by atoms with Gasteiger partial charge in [-0.25, -0.2) is 4.98 Å². The third-order valence-corrected chi connectivity index (χ3v) is 4.87. The van der Waals surface area contributed by atoms with E-state index in [9.17, 15) is 4.79 Å². The molecule has 2 aromatic heterocycles. The maximum absolute atomic E-state index is 12.3. The van der Waals surface area contributed by atoms with Gasteiger partial charge >= 0.3 is 0 Å². The van der Waals surface area contributed by atoms with Gasteiger partial charge in [0.25, 0.3) is 0 Å². The van der Waals surface area contributed by atoms with Crippen LogP contribution in [0.15, 0.2) is 46.2 Å². The van der Waals surface area contributed by atoms with Crippen LogP contribution in [-0.2, 0) is 17.6 Å². The van der Waals surface area contributed by atoms with E-state index in [1.807, 2.05) is 36.6 Å². The standard InChI is InChI=1S/C20H22N2O2S/c1-3-4-6-15-8-10-16(11-9-15)21-19(23)13-17-14(2)24-20(22-17)18-7-5-12-25-18/h5,7-12H,3-4,6,13H2,1-2H3,(H,21,23). The van der Waals surface area contributed by atoms with E-state index < -0.39 is 0 Å². The third kappa shape index (κ3) is 4.57. The zero-order chi connectivity index (χ0) is 17.6. The number of hydrogen-bond donors (Lipinski definition) is 1. The molecule has 1 amide bonds. The molecule has 1 N–H and O–H groups in total. The Morgan fingerprint density at radius 2 is 2.04 bits per heavy atom. The molecule has 25 heavy (non-hydrogen) atoms. The molecular formula is C20H22N2O2S. The molecule has 0 spiro atoms. The Morgan fingerprint density at radius 3 is 2.72 bits per heavy atom. The molecule has 3 aromatic rings. The molecule has 1 aromatic carbocycles. The Kier molecular flexibility index (Phi) is 5.66. The van der Waals surface area contributed by atoms with Crippen LogP contribution in [-0.4, -0.2) is 10.9 Å². The Bertz CT molecular complexity index is 820. The number of oxazole rings is 1. The average molecular weight is 354 g/mol. The van der Waals surface area contributed by atoms with Crippen LogP contribution in [0.25, 0.3) is 10.8 Å². The fourth-order valence-corrected chi connectivity index (χ4v) is 3.24. The Balaban J connectivity index is 1.61. The van der Waals surface area contributed by atoms with Crippen LogP contribution in [0.1, 0.15) is 36.8 Å². The summed E-state index contributed by atoms with van der Waals surface area (Å²) in [6.45, 7) is 4.03. The van der Waals surface area contributed by atoms with Crippen LogP contribution in [0.5, 0.6) is 0 Å². The van der Waals surface area contributed by atoms with Crippen molar-refractivity contribution < 1.29 is 9.21 Å². The minimum atomic E-state index is -0.0876. The van der Waals surface area contributed by atoms with Gasteiger partial charge in [0.1, 0.15) is 5.76 Å². The van der Waals surface area contributed by atoms with E-state index >= 15 is 0 Å². The summed E-state index contributed by atoms with van der Waals surface area (Å²) in [4.78, 5) is 17.7. The number of nitrogens with zero attached hydrogens (tertiary/aromatic N) is 1. The van der Waals surface area contributed by atoms with Crippen LogP contribution >= 0.6 is 11.3 Å². The second kappa shape index (κ2) is 8.12. The van der Waals surface area contributed by atoms with Crippen LogP contribution in [0, 0.1) is 6.92 Å². The van der Waals surface area contributed by atoms with Crippen LogP contribution in [0.4, 0.5) is 5.69 Å². The van der Waals surface area contributed by atoms with E-state index in [0.29, 0.717) is 17.3 Å². The lowest BCUT2D eigenvalue weighted by Crippen LogP contribution is -2.15. The lowest BCUT2D eigenvalue weighted by atomic mass is 10.1. The van der Waals surface area contributed by atoms with Gasteiger partial charge in [-0.3, -0.25) is 4.79 Å². The molecule has 0 radical (unpaired) electrons. The fourth-order valence-electron chi connectivity index (χ4n) is 2.59. The molecule has 5 heteroatoms. The minimum absolute atomic E-state index is 0.0876. The van der Waals surface area contributed by atoms with Gasteiger partial charge in [-0.2, -0.15) is 0 Å². The highest BCUT2D eigenvalue weighted by molar-refractivity contribution is 7.13. The first kappa shape index (κ1) is 17.4. The van der Waals surface area contributed by atoms with Gasteiger partial charge in [0.05, 0.1) is 17.0 Å². The van der Waals surface area contributed by atoms with Crippen molar-refractivity contribution in [1.29, 1.82) is 0 Å². The summed E-state index contributed by atoms with van der Waals surface area (Å²) < 4.78 is 5.68. The molecule has 0 saturated heterocycles. The monoisotopic (exact) mass is 354 g/mol. The third-order valence-electron chi connectivity index (χ3n) is 4.01. The highest BCUT2D eigenvalue weighted by Gasteiger charge is 2.15. The lowest BCUT2D eigenvalue weighted by molar-refractivity contribution is -0.115. The van der Waals surface area contributed by atoms with Gasteiger partial charge in [0.15, 0.2) is 0 Å². The zero-order valence-electron chi connectivity index (χ0n) is 14.5. The Morgan fingerprint density at radius 1 is 1.24 bits per heavy atom. The second-order valence-electron chi connectivity index (χ2n) is 6.02. The molecule has 0 aliphatic heterocycles. The molecule has 4 nitrogen and oxygen atoms in total. The highest BCUT2D eigenvalue weighted by atomic mass is 32.1. The van der Waals surface area contributed by atoms with Gasteiger partial charge < -0.3 is 9.73 Å². The van der Waals surface area contributed by atoms with E-state index in [1.165, 1.54) is 18.4 Å². The number of carbonyl (C=O) groups is 1. The summed E-state index contributed by atoms with van der Waals surface area (Å²) in [6.07, 6.45) is 3.65. The minimum Gasteiger partial charge on any atom is -0.440 e. The van der Waals surface area contributed by atoms with E-state index in [0.717, 1.165) is 17.0 Å². The maximum Gasteiger partial charge on any atom is 0.236 e. The summed E-state index contributed by atoms with van der Waals surface area (Å²) in [6, 6.07) is 12.0. The molecule has 0 aliphatic rings. The molecule has 3 rings (SSSR count). The largest absolute Gasteiger partial charge is 0.440 e. The summed E-state index contributed by atoms with van der Waals surface area (Å²) in [5, 5.41) is 4.90. The number of rotatable bonds is 7. The SMILES string of the molecule is CCCCc1ccc(NC(=O)Cc2nc(-c3cccs3)oc2C)cc1. The van der Waals surface area contributed by atoms with Gasteiger partial charge in [-0.05, 0) is 48.9 Å². The van der Waals surface area contributed by atoms with Crippen LogP contribution in [0.2, 0.25) is 0 Å². The van der Waals surface area contributed by atoms with Crippen molar-refractivity contribution in [3.05, 3.63) is 58.8 Å². The van der Waals surface area contributed by atoms with Crippen LogP contribution in [0.3, 0.4) is 0 Å². The Hall–Kier alpha value is -2.40. The van der Waals surface area contributed by atoms with Gasteiger partial charge in [0.2, 0.25) is 11.8 Å². The number of hydrogen-bond acceptors (Lipinski definition) is 4. The molecule has 130 valence electrons. The number of aryl methyl sites for hydroxylation is 2. The van der Waals surface area contributed by atoms with Gasteiger partial charge in [-0.15, -0.1) is 11.3 Å². The van der Waals surface area contributed by atoms with E-state index in [2.05, 4.69) is 29.4 Å². The van der Waals surface area contributed by atoms with Crippen molar-refractivity contribution in [1.82, 2.24) is 4.98 Å². The number of nitrogens with one attached hydrogen (secondary N) is 1. The van der Waals surface area contributed by atoms with Gasteiger partial charge in [-0.1, -0.05) is 31.5 Å². The predicted molar refractivity (Wildman–Crippen MR) is 102 cm³/mol. The van der Waals surface area contributed by atoms with Crippen molar-refractivity contribution in [2.45, 2.75) is 39.5 Å². The van der Waals surface area contributed by atoms with E-state index in [4.69, 9.17) is 4.42 Å².